The van der Waals surface area contributed by atoms with E-state index in [-0.39, 0.29) is 49.0 Å². The molecule has 3 saturated carbocycles. The summed E-state index contributed by atoms with van der Waals surface area (Å²) < 4.78 is 81.8. The van der Waals surface area contributed by atoms with Crippen molar-refractivity contribution in [2.24, 2.45) is 28.6 Å². The Hall–Kier alpha value is -1.98. The van der Waals surface area contributed by atoms with Crippen LogP contribution in [0.3, 0.4) is 0 Å². The molecule has 7 fully saturated rings. The predicted octanol–water partition coefficient (Wildman–Crippen LogP) is 6.01. The van der Waals surface area contributed by atoms with E-state index < -0.39 is 126 Å². The van der Waals surface area contributed by atoms with Gasteiger partial charge >= 0.3 is 5.97 Å². The molecule has 0 aromatic rings. The smallest absolute Gasteiger partial charge is 0.330 e. The van der Waals surface area contributed by atoms with Gasteiger partial charge in [0, 0.05) is 77.4 Å². The lowest BCUT2D eigenvalue weighted by Crippen LogP contribution is -2.75. The van der Waals surface area contributed by atoms with Crippen molar-refractivity contribution < 1.29 is 86.5 Å². The van der Waals surface area contributed by atoms with Crippen LogP contribution in [-0.2, 0) is 71.2 Å². The fourth-order valence-electron chi connectivity index (χ4n) is 14.7. The molecule has 4 heterocycles. The van der Waals surface area contributed by atoms with Gasteiger partial charge in [0.2, 0.25) is 0 Å². The number of carbonyl (C=O) groups excluding carboxylic acids is 2. The van der Waals surface area contributed by atoms with E-state index in [1.165, 1.54) is 13.0 Å². The van der Waals surface area contributed by atoms with Gasteiger partial charge in [-0.2, -0.15) is 0 Å². The van der Waals surface area contributed by atoms with Crippen molar-refractivity contribution in [3.63, 3.8) is 0 Å². The summed E-state index contributed by atoms with van der Waals surface area (Å²) in [6, 6.07) is 0. The number of carbonyl (C=O) groups is 2. The first-order chi connectivity index (χ1) is 34.9. The van der Waals surface area contributed by atoms with Crippen LogP contribution < -0.4 is 0 Å². The number of hydrogen-bond acceptors (Lipinski definition) is 18. The van der Waals surface area contributed by atoms with Crippen LogP contribution in [0.25, 0.3) is 0 Å². The van der Waals surface area contributed by atoms with E-state index in [1.807, 2.05) is 48.5 Å². The molecule has 0 bridgehead atoms. The fraction of sp³-hybridized carbons (Fsp3) is 0.893. The summed E-state index contributed by atoms with van der Waals surface area (Å²) in [6.07, 6.45) is -0.519. The molecular formula is C56H90O18. The Morgan fingerprint density at radius 2 is 1.15 bits per heavy atom. The van der Waals surface area contributed by atoms with Crippen molar-refractivity contribution in [1.29, 1.82) is 0 Å². The number of aliphatic hydroxyl groups is 3. The van der Waals surface area contributed by atoms with E-state index in [0.717, 1.165) is 11.1 Å². The molecule has 18 heteroatoms. The minimum atomic E-state index is -1.66. The molecule has 4 aliphatic heterocycles. The molecule has 0 amide bonds. The summed E-state index contributed by atoms with van der Waals surface area (Å²) in [6.45, 7) is 19.1. The van der Waals surface area contributed by atoms with Crippen LogP contribution in [0.2, 0.25) is 0 Å². The lowest BCUT2D eigenvalue weighted by atomic mass is 9.43. The molecule has 422 valence electrons. The van der Waals surface area contributed by atoms with Gasteiger partial charge in [0.25, 0.3) is 0 Å². The Kier molecular flexibility index (Phi) is 18.1. The van der Waals surface area contributed by atoms with Crippen LogP contribution in [0.5, 0.6) is 0 Å². The Bertz CT molecular complexity index is 2020. The Balaban J connectivity index is 0.869. The number of allylic oxidation sites excluding steroid dienone is 1. The topological polar surface area (TPSA) is 215 Å². The van der Waals surface area contributed by atoms with Crippen LogP contribution in [0.15, 0.2) is 23.3 Å². The maximum Gasteiger partial charge on any atom is 0.330 e. The number of methoxy groups -OCH3 is 4. The first kappa shape index (κ1) is 58.2. The Morgan fingerprint density at radius 1 is 0.676 bits per heavy atom. The minimum Gasteiger partial charge on any atom is -0.458 e. The Labute approximate surface area is 439 Å². The number of fused-ring (bicyclic) bond motifs is 5. The van der Waals surface area contributed by atoms with Crippen molar-refractivity contribution >= 4 is 11.8 Å². The minimum absolute atomic E-state index is 0.0737. The molecule has 0 radical (unpaired) electrons. The predicted molar refractivity (Wildman–Crippen MR) is 267 cm³/mol. The van der Waals surface area contributed by atoms with Crippen LogP contribution >= 0.6 is 0 Å². The number of Topliss-reactive ketones (excluding diaryl/α,β-unsaturated/α-hetero) is 1. The summed E-state index contributed by atoms with van der Waals surface area (Å²) in [5.41, 5.74) is -2.87. The van der Waals surface area contributed by atoms with E-state index in [4.69, 9.17) is 61.6 Å². The quantitative estimate of drug-likeness (QED) is 0.0917. The van der Waals surface area contributed by atoms with E-state index in [1.54, 1.807) is 35.4 Å². The molecule has 8 rings (SSSR count). The molecule has 0 aromatic heterocycles. The lowest BCUT2D eigenvalue weighted by Gasteiger charge is -2.66. The van der Waals surface area contributed by atoms with Gasteiger partial charge in [0.05, 0.1) is 54.9 Å². The molecule has 3 N–H and O–H groups in total. The summed E-state index contributed by atoms with van der Waals surface area (Å²) in [7, 11) is 6.52. The SMILES string of the molecule is CO[C@H]1C[C@H](O[C@H]2CC[C@@]3(C)C(=CC[C@]4(O)[C@@H]3C[C@@H](OC(=O)/C=C(\C)C(C)C)[C@]3(C)[C@H](C(C)=O)CC[C@@]34O)C2)O[C@H](C)[C@H]1O[C@H]1C[C@H](OC)[C@H](O[C@H]2C[C@@H](OC)[C@H](O[C@H]3C[C@@H](OC)[C@@H](O)[C@H](C)O3)[C@@H](C)O2)[C@@H](C)O1. The zero-order valence-corrected chi connectivity index (χ0v) is 46.5. The first-order valence-electron chi connectivity index (χ1n) is 27.5. The van der Waals surface area contributed by atoms with Crippen LogP contribution in [0, 0.1) is 28.6 Å². The van der Waals surface area contributed by atoms with E-state index >= 15 is 0 Å². The normalized spacial score (nSPS) is 48.8. The zero-order chi connectivity index (χ0) is 53.8. The number of hydrogen-bond donors (Lipinski definition) is 3. The zero-order valence-electron chi connectivity index (χ0n) is 46.5. The highest BCUT2D eigenvalue weighted by atomic mass is 16.8. The summed E-state index contributed by atoms with van der Waals surface area (Å²) >= 11 is 0. The lowest BCUT2D eigenvalue weighted by molar-refractivity contribution is -0.347. The fourth-order valence-corrected chi connectivity index (χ4v) is 14.7. The Morgan fingerprint density at radius 3 is 1.62 bits per heavy atom. The standard InChI is InChI=1S/C56H90O18/c1-28(2)29(3)21-44(58)71-43-27-42-53(9)18-16-36(22-35(53)15-19-55(42,60)56(61)20-17-37(30(4)57)54(43,56)10)70-45-24-39(63-12)50(32(6)67-45)73-47-26-41(65-14)52(34(8)69-47)74-48-25-40(64-13)51(33(7)68-48)72-46-23-38(62-11)49(59)31(5)66-46/h15,21,28,31-34,36-43,45-52,59-61H,16-20,22-27H2,1-14H3/b29-21+/t31-,32+,33+,34+,36-,37-,38+,39-,40+,41-,42+,43+,45-,46-,47-,48-,49-,50+,51+,52+,53-,54-,55-,56+/m0/s1. The van der Waals surface area contributed by atoms with Crippen LogP contribution in [0.4, 0.5) is 0 Å². The van der Waals surface area contributed by atoms with Gasteiger partial charge in [-0.15, -0.1) is 0 Å². The molecule has 4 saturated heterocycles. The van der Waals surface area contributed by atoms with Gasteiger partial charge in [0.15, 0.2) is 25.2 Å². The van der Waals surface area contributed by atoms with Crippen molar-refractivity contribution in [3.8, 4) is 0 Å². The van der Waals surface area contributed by atoms with Crippen molar-refractivity contribution in [2.75, 3.05) is 28.4 Å². The van der Waals surface area contributed by atoms with E-state index in [2.05, 4.69) is 13.0 Å². The largest absolute Gasteiger partial charge is 0.458 e. The van der Waals surface area contributed by atoms with E-state index in [9.17, 15) is 24.9 Å². The highest BCUT2D eigenvalue weighted by Crippen LogP contribution is 2.70. The van der Waals surface area contributed by atoms with Gasteiger partial charge in [-0.05, 0) is 97.8 Å². The van der Waals surface area contributed by atoms with Gasteiger partial charge < -0.3 is 76.9 Å². The van der Waals surface area contributed by atoms with Gasteiger partial charge in [-0.3, -0.25) is 4.79 Å². The second-order valence-corrected chi connectivity index (χ2v) is 23.8. The highest BCUT2D eigenvalue weighted by Gasteiger charge is 2.77. The van der Waals surface area contributed by atoms with Crippen LogP contribution in [0.1, 0.15) is 140 Å². The number of aliphatic hydroxyl groups excluding tert-OH is 1. The second-order valence-electron chi connectivity index (χ2n) is 23.8. The maximum absolute atomic E-state index is 13.6. The highest BCUT2D eigenvalue weighted by molar-refractivity contribution is 5.83. The summed E-state index contributed by atoms with van der Waals surface area (Å²) in [5.74, 6) is -1.42. The number of esters is 1. The van der Waals surface area contributed by atoms with Crippen molar-refractivity contribution in [3.05, 3.63) is 23.3 Å². The van der Waals surface area contributed by atoms with E-state index in [0.29, 0.717) is 57.8 Å². The number of rotatable bonds is 16. The number of ether oxygens (including phenoxy) is 13. The molecule has 8 aliphatic rings. The molecule has 4 aliphatic carbocycles. The monoisotopic (exact) mass is 1050 g/mol. The van der Waals surface area contributed by atoms with Crippen LogP contribution in [-0.4, -0.2) is 177 Å². The third kappa shape index (κ3) is 10.8. The molecule has 18 nitrogen and oxygen atoms in total. The number of ketones is 1. The second kappa shape index (κ2) is 23.0. The molecular weight excluding hydrogens is 961 g/mol. The average molecular weight is 1050 g/mol. The van der Waals surface area contributed by atoms with Gasteiger partial charge in [-0.25, -0.2) is 4.79 Å². The average Bonchev–Trinajstić information content (AvgIpc) is 3.65. The van der Waals surface area contributed by atoms with Crippen molar-refractivity contribution in [1.82, 2.24) is 0 Å². The van der Waals surface area contributed by atoms with Gasteiger partial charge in [0.1, 0.15) is 47.5 Å². The third-order valence-corrected chi connectivity index (χ3v) is 19.4. The third-order valence-electron chi connectivity index (χ3n) is 19.4. The van der Waals surface area contributed by atoms with Gasteiger partial charge in [-0.1, -0.05) is 44.9 Å². The molecule has 0 spiro atoms. The first-order valence-corrected chi connectivity index (χ1v) is 27.5. The summed E-state index contributed by atoms with van der Waals surface area (Å²) in [4.78, 5) is 26.8. The molecule has 74 heavy (non-hydrogen) atoms. The maximum atomic E-state index is 13.6. The molecule has 24 atom stereocenters. The molecule has 0 unspecified atom stereocenters. The summed E-state index contributed by atoms with van der Waals surface area (Å²) in [5, 5.41) is 36.3. The van der Waals surface area contributed by atoms with Crippen molar-refractivity contribution in [2.45, 2.75) is 262 Å². The molecule has 0 aromatic carbocycles.